The Hall–Kier alpha value is -1.23. The number of ether oxygens (including phenoxy) is 1. The fourth-order valence-corrected chi connectivity index (χ4v) is 2.51. The molecule has 1 N–H and O–H groups in total. The average Bonchev–Trinajstić information content (AvgIpc) is 2.71. The van der Waals surface area contributed by atoms with Crippen LogP contribution < -0.4 is 4.74 Å². The van der Waals surface area contributed by atoms with E-state index in [-0.39, 0.29) is 17.5 Å². The molecule has 1 saturated heterocycles. The summed E-state index contributed by atoms with van der Waals surface area (Å²) in [4.78, 5) is 14.8. The third kappa shape index (κ3) is 2.41. The van der Waals surface area contributed by atoms with Crippen LogP contribution in [0.1, 0.15) is 16.8 Å². The molecule has 1 atom stereocenters. The summed E-state index contributed by atoms with van der Waals surface area (Å²) >= 11 is 1.82. The van der Waals surface area contributed by atoms with E-state index in [2.05, 4.69) is 4.98 Å². The number of carboxylic acid groups (broad SMARTS) is 1. The summed E-state index contributed by atoms with van der Waals surface area (Å²) in [5.74, 6) is 1.22. The standard InChI is InChI=1S/C10H11NO3S/c12-10(13)8-2-1-4-11-9(8)14-7-3-5-15-6-7/h1-2,4,7H,3,5-6H2,(H,12,13)/t7-/m1/s1. The zero-order valence-corrected chi connectivity index (χ0v) is 8.87. The Morgan fingerprint density at radius 1 is 1.67 bits per heavy atom. The lowest BCUT2D eigenvalue weighted by molar-refractivity contribution is 0.0688. The van der Waals surface area contributed by atoms with Crippen LogP contribution in [0.2, 0.25) is 0 Å². The zero-order valence-electron chi connectivity index (χ0n) is 8.05. The van der Waals surface area contributed by atoms with Crippen LogP contribution in [-0.2, 0) is 0 Å². The van der Waals surface area contributed by atoms with Gasteiger partial charge in [-0.15, -0.1) is 0 Å². The van der Waals surface area contributed by atoms with Gasteiger partial charge in [0, 0.05) is 11.9 Å². The number of pyridine rings is 1. The highest BCUT2D eigenvalue weighted by molar-refractivity contribution is 7.99. The van der Waals surface area contributed by atoms with Crippen molar-refractivity contribution in [3.63, 3.8) is 0 Å². The third-order valence-electron chi connectivity index (χ3n) is 2.17. The van der Waals surface area contributed by atoms with Crippen LogP contribution in [0.25, 0.3) is 0 Å². The molecule has 0 aromatic carbocycles. The number of thioether (sulfide) groups is 1. The van der Waals surface area contributed by atoms with Crippen molar-refractivity contribution in [2.45, 2.75) is 12.5 Å². The van der Waals surface area contributed by atoms with E-state index in [0.29, 0.717) is 0 Å². The molecule has 2 heterocycles. The van der Waals surface area contributed by atoms with Gasteiger partial charge in [-0.2, -0.15) is 11.8 Å². The molecule has 1 aromatic heterocycles. The van der Waals surface area contributed by atoms with Gasteiger partial charge in [-0.05, 0) is 24.3 Å². The first-order valence-electron chi connectivity index (χ1n) is 4.70. The summed E-state index contributed by atoms with van der Waals surface area (Å²) in [7, 11) is 0. The van der Waals surface area contributed by atoms with Crippen LogP contribution in [0.5, 0.6) is 5.88 Å². The summed E-state index contributed by atoms with van der Waals surface area (Å²) in [6.07, 6.45) is 2.60. The van der Waals surface area contributed by atoms with Crippen molar-refractivity contribution < 1.29 is 14.6 Å². The van der Waals surface area contributed by atoms with E-state index in [1.165, 1.54) is 6.07 Å². The second-order valence-electron chi connectivity index (χ2n) is 3.26. The Balaban J connectivity index is 2.15. The summed E-state index contributed by atoms with van der Waals surface area (Å²) < 4.78 is 5.55. The molecule has 0 amide bonds. The number of nitrogens with zero attached hydrogens (tertiary/aromatic N) is 1. The number of carbonyl (C=O) groups is 1. The van der Waals surface area contributed by atoms with E-state index in [1.54, 1.807) is 12.3 Å². The molecule has 0 bridgehead atoms. The highest BCUT2D eigenvalue weighted by Crippen LogP contribution is 2.23. The fourth-order valence-electron chi connectivity index (χ4n) is 1.41. The zero-order chi connectivity index (χ0) is 10.7. The van der Waals surface area contributed by atoms with Crippen molar-refractivity contribution in [1.29, 1.82) is 0 Å². The molecule has 0 aliphatic carbocycles. The molecule has 0 unspecified atom stereocenters. The number of rotatable bonds is 3. The van der Waals surface area contributed by atoms with E-state index >= 15 is 0 Å². The minimum Gasteiger partial charge on any atom is -0.477 e. The molecule has 0 radical (unpaired) electrons. The fraction of sp³-hybridized carbons (Fsp3) is 0.400. The summed E-state index contributed by atoms with van der Waals surface area (Å²) in [5.41, 5.74) is 0.134. The molecule has 0 saturated carbocycles. The molecule has 15 heavy (non-hydrogen) atoms. The lowest BCUT2D eigenvalue weighted by atomic mass is 10.2. The third-order valence-corrected chi connectivity index (χ3v) is 3.30. The predicted octanol–water partition coefficient (Wildman–Crippen LogP) is 1.66. The van der Waals surface area contributed by atoms with Crippen LogP contribution in [0, 0.1) is 0 Å². The van der Waals surface area contributed by atoms with E-state index in [9.17, 15) is 4.79 Å². The number of hydrogen-bond donors (Lipinski definition) is 1. The van der Waals surface area contributed by atoms with Crippen molar-refractivity contribution in [1.82, 2.24) is 4.98 Å². The first-order valence-corrected chi connectivity index (χ1v) is 5.85. The van der Waals surface area contributed by atoms with Crippen LogP contribution in [0.4, 0.5) is 0 Å². The lowest BCUT2D eigenvalue weighted by Gasteiger charge is -2.12. The van der Waals surface area contributed by atoms with Gasteiger partial charge in [0.1, 0.15) is 11.7 Å². The second kappa shape index (κ2) is 4.53. The summed E-state index contributed by atoms with van der Waals surface area (Å²) in [6.45, 7) is 0. The smallest absolute Gasteiger partial charge is 0.341 e. The van der Waals surface area contributed by atoms with E-state index in [0.717, 1.165) is 17.9 Å². The Kier molecular flexibility index (Phi) is 3.11. The topological polar surface area (TPSA) is 59.4 Å². The van der Waals surface area contributed by atoms with Gasteiger partial charge in [-0.1, -0.05) is 0 Å². The van der Waals surface area contributed by atoms with Crippen molar-refractivity contribution in [2.24, 2.45) is 0 Å². The maximum Gasteiger partial charge on any atom is 0.341 e. The second-order valence-corrected chi connectivity index (χ2v) is 4.41. The van der Waals surface area contributed by atoms with Crippen LogP contribution in [0.15, 0.2) is 18.3 Å². The molecule has 80 valence electrons. The summed E-state index contributed by atoms with van der Waals surface area (Å²) in [5, 5.41) is 8.91. The highest BCUT2D eigenvalue weighted by Gasteiger charge is 2.20. The Bertz CT molecular complexity index is 363. The molecule has 0 spiro atoms. The average molecular weight is 225 g/mol. The number of aromatic nitrogens is 1. The van der Waals surface area contributed by atoms with Gasteiger partial charge in [0.2, 0.25) is 5.88 Å². The molecule has 4 nitrogen and oxygen atoms in total. The van der Waals surface area contributed by atoms with Gasteiger partial charge in [0.05, 0.1) is 0 Å². The Morgan fingerprint density at radius 2 is 2.53 bits per heavy atom. The quantitative estimate of drug-likeness (QED) is 0.847. The normalized spacial score (nSPS) is 20.1. The van der Waals surface area contributed by atoms with E-state index in [4.69, 9.17) is 9.84 Å². The largest absolute Gasteiger partial charge is 0.477 e. The SMILES string of the molecule is O=C(O)c1cccnc1O[C@@H]1CCSC1. The number of carboxylic acids is 1. The maximum atomic E-state index is 10.9. The molecule has 1 fully saturated rings. The van der Waals surface area contributed by atoms with Gasteiger partial charge in [-0.3, -0.25) is 0 Å². The Labute approximate surface area is 91.7 Å². The van der Waals surface area contributed by atoms with Gasteiger partial charge < -0.3 is 9.84 Å². The maximum absolute atomic E-state index is 10.9. The van der Waals surface area contributed by atoms with Gasteiger partial charge in [-0.25, -0.2) is 9.78 Å². The molecular weight excluding hydrogens is 214 g/mol. The van der Waals surface area contributed by atoms with Crippen LogP contribution in [0.3, 0.4) is 0 Å². The number of aromatic carboxylic acids is 1. The molecule has 1 aromatic rings. The summed E-state index contributed by atoms with van der Waals surface area (Å²) in [6, 6.07) is 3.10. The first-order chi connectivity index (χ1) is 7.27. The van der Waals surface area contributed by atoms with Gasteiger partial charge in [0.25, 0.3) is 0 Å². The van der Waals surface area contributed by atoms with Crippen molar-refractivity contribution in [3.05, 3.63) is 23.9 Å². The van der Waals surface area contributed by atoms with Crippen molar-refractivity contribution in [2.75, 3.05) is 11.5 Å². The monoisotopic (exact) mass is 225 g/mol. The molecule has 1 aliphatic rings. The van der Waals surface area contributed by atoms with Crippen LogP contribution >= 0.6 is 11.8 Å². The van der Waals surface area contributed by atoms with Gasteiger partial charge in [0.15, 0.2) is 0 Å². The number of hydrogen-bond acceptors (Lipinski definition) is 4. The highest BCUT2D eigenvalue weighted by atomic mass is 32.2. The minimum atomic E-state index is -0.997. The predicted molar refractivity (Wildman–Crippen MR) is 57.6 cm³/mol. The molecule has 2 rings (SSSR count). The van der Waals surface area contributed by atoms with Gasteiger partial charge >= 0.3 is 5.97 Å². The van der Waals surface area contributed by atoms with E-state index < -0.39 is 5.97 Å². The van der Waals surface area contributed by atoms with Crippen molar-refractivity contribution in [3.8, 4) is 5.88 Å². The molecule has 5 heteroatoms. The van der Waals surface area contributed by atoms with Crippen LogP contribution in [-0.4, -0.2) is 33.7 Å². The van der Waals surface area contributed by atoms with Crippen molar-refractivity contribution >= 4 is 17.7 Å². The minimum absolute atomic E-state index is 0.1000. The van der Waals surface area contributed by atoms with E-state index in [1.807, 2.05) is 11.8 Å². The Morgan fingerprint density at radius 3 is 3.20 bits per heavy atom. The first kappa shape index (κ1) is 10.3. The lowest BCUT2D eigenvalue weighted by Crippen LogP contribution is -2.17. The molecular formula is C10H11NO3S. The molecule has 1 aliphatic heterocycles.